The molecule has 0 saturated carbocycles. The van der Waals surface area contributed by atoms with E-state index in [1.807, 2.05) is 11.4 Å². The van der Waals surface area contributed by atoms with Gasteiger partial charge >= 0.3 is 0 Å². The van der Waals surface area contributed by atoms with Gasteiger partial charge in [-0.05, 0) is 33.4 Å². The molecule has 0 radical (unpaired) electrons. The van der Waals surface area contributed by atoms with E-state index >= 15 is 0 Å². The maximum atomic E-state index is 9.92. The van der Waals surface area contributed by atoms with Gasteiger partial charge in [0, 0.05) is 16.9 Å². The normalized spacial score (nSPS) is 12.7. The molecule has 0 bridgehead atoms. The quantitative estimate of drug-likeness (QED) is 0.912. The Labute approximate surface area is 93.6 Å². The SMILES string of the molecule is OC(c1ncccn1)c1sccc1Br. The Bertz CT molecular complexity index is 418. The maximum absolute atomic E-state index is 9.92. The molecule has 0 aliphatic carbocycles. The van der Waals surface area contributed by atoms with Gasteiger partial charge in [0.25, 0.3) is 0 Å². The van der Waals surface area contributed by atoms with Crippen molar-refractivity contribution in [1.82, 2.24) is 9.97 Å². The highest BCUT2D eigenvalue weighted by Crippen LogP contribution is 2.31. The predicted octanol–water partition coefficient (Wildman–Crippen LogP) is 2.38. The van der Waals surface area contributed by atoms with Crippen LogP contribution in [-0.4, -0.2) is 15.1 Å². The second kappa shape index (κ2) is 4.16. The van der Waals surface area contributed by atoms with Gasteiger partial charge in [-0.3, -0.25) is 0 Å². The average Bonchev–Trinajstić information content (AvgIpc) is 2.65. The number of aliphatic hydroxyl groups excluding tert-OH is 1. The van der Waals surface area contributed by atoms with Crippen LogP contribution in [0.1, 0.15) is 16.8 Å². The fraction of sp³-hybridized carbons (Fsp3) is 0.111. The number of rotatable bonds is 2. The zero-order valence-corrected chi connectivity index (χ0v) is 9.49. The fourth-order valence-electron chi connectivity index (χ4n) is 1.07. The lowest BCUT2D eigenvalue weighted by molar-refractivity contribution is 0.213. The van der Waals surface area contributed by atoms with E-state index in [0.717, 1.165) is 9.35 Å². The van der Waals surface area contributed by atoms with Crippen molar-refractivity contribution >= 4 is 27.3 Å². The lowest BCUT2D eigenvalue weighted by atomic mass is 10.3. The Kier molecular flexibility index (Phi) is 2.90. The van der Waals surface area contributed by atoms with Crippen LogP contribution in [0.25, 0.3) is 0 Å². The van der Waals surface area contributed by atoms with Crippen molar-refractivity contribution < 1.29 is 5.11 Å². The molecular formula is C9H7BrN2OS. The molecule has 3 nitrogen and oxygen atoms in total. The van der Waals surface area contributed by atoms with Crippen LogP contribution in [0.3, 0.4) is 0 Å². The molecular weight excluding hydrogens is 264 g/mol. The van der Waals surface area contributed by atoms with Gasteiger partial charge in [0.15, 0.2) is 5.82 Å². The topological polar surface area (TPSA) is 46.0 Å². The van der Waals surface area contributed by atoms with Gasteiger partial charge in [0.1, 0.15) is 6.10 Å². The van der Waals surface area contributed by atoms with E-state index in [1.54, 1.807) is 18.5 Å². The molecule has 1 unspecified atom stereocenters. The summed E-state index contributed by atoms with van der Waals surface area (Å²) < 4.78 is 0.891. The van der Waals surface area contributed by atoms with Crippen molar-refractivity contribution in [1.29, 1.82) is 0 Å². The van der Waals surface area contributed by atoms with Crippen molar-refractivity contribution in [3.05, 3.63) is 45.1 Å². The van der Waals surface area contributed by atoms with Crippen molar-refractivity contribution in [3.63, 3.8) is 0 Å². The Morgan fingerprint density at radius 3 is 2.64 bits per heavy atom. The van der Waals surface area contributed by atoms with Crippen molar-refractivity contribution in [2.24, 2.45) is 0 Å². The zero-order chi connectivity index (χ0) is 9.97. The average molecular weight is 271 g/mol. The Morgan fingerprint density at radius 1 is 1.36 bits per heavy atom. The highest BCUT2D eigenvalue weighted by atomic mass is 79.9. The van der Waals surface area contributed by atoms with E-state index in [4.69, 9.17) is 0 Å². The summed E-state index contributed by atoms with van der Waals surface area (Å²) in [5.74, 6) is 0.427. The molecule has 72 valence electrons. The second-order valence-electron chi connectivity index (χ2n) is 2.64. The van der Waals surface area contributed by atoms with Crippen LogP contribution in [0, 0.1) is 0 Å². The summed E-state index contributed by atoms with van der Waals surface area (Å²) in [4.78, 5) is 8.83. The van der Waals surface area contributed by atoms with Gasteiger partial charge in [-0.15, -0.1) is 11.3 Å². The first-order valence-electron chi connectivity index (χ1n) is 3.97. The van der Waals surface area contributed by atoms with Crippen LogP contribution < -0.4 is 0 Å². The summed E-state index contributed by atoms with van der Waals surface area (Å²) in [5.41, 5.74) is 0. The number of nitrogens with zero attached hydrogens (tertiary/aromatic N) is 2. The third kappa shape index (κ3) is 1.84. The van der Waals surface area contributed by atoms with Crippen LogP contribution in [0.5, 0.6) is 0 Å². The number of thiophene rings is 1. The zero-order valence-electron chi connectivity index (χ0n) is 7.09. The molecule has 1 atom stereocenters. The standard InChI is InChI=1S/C9H7BrN2OS/c10-6-2-5-14-8(6)7(13)9-11-3-1-4-12-9/h1-5,7,13H. The van der Waals surface area contributed by atoms with Gasteiger partial charge < -0.3 is 5.11 Å². The molecule has 2 aromatic heterocycles. The first-order chi connectivity index (χ1) is 6.79. The maximum Gasteiger partial charge on any atom is 0.162 e. The first-order valence-corrected chi connectivity index (χ1v) is 5.64. The summed E-state index contributed by atoms with van der Waals surface area (Å²) in [5, 5.41) is 11.8. The van der Waals surface area contributed by atoms with Crippen LogP contribution >= 0.6 is 27.3 Å². The lowest BCUT2D eigenvalue weighted by Crippen LogP contribution is -2.02. The summed E-state index contributed by atoms with van der Waals surface area (Å²) in [6.45, 7) is 0. The fourth-order valence-corrected chi connectivity index (χ4v) is 2.64. The van der Waals surface area contributed by atoms with E-state index in [-0.39, 0.29) is 0 Å². The minimum Gasteiger partial charge on any atom is -0.379 e. The van der Waals surface area contributed by atoms with Crippen LogP contribution in [0.4, 0.5) is 0 Å². The minimum atomic E-state index is -0.745. The Hall–Kier alpha value is -0.780. The summed E-state index contributed by atoms with van der Waals surface area (Å²) in [6, 6.07) is 3.62. The van der Waals surface area contributed by atoms with E-state index in [0.29, 0.717) is 5.82 Å². The lowest BCUT2D eigenvalue weighted by Gasteiger charge is -2.06. The molecule has 2 aromatic rings. The van der Waals surface area contributed by atoms with E-state index in [1.165, 1.54) is 11.3 Å². The number of hydrogen-bond donors (Lipinski definition) is 1. The van der Waals surface area contributed by atoms with Crippen LogP contribution in [0.2, 0.25) is 0 Å². The molecule has 0 spiro atoms. The highest BCUT2D eigenvalue weighted by molar-refractivity contribution is 9.10. The molecule has 2 heterocycles. The Balaban J connectivity index is 2.34. The number of hydrogen-bond acceptors (Lipinski definition) is 4. The molecule has 5 heteroatoms. The van der Waals surface area contributed by atoms with Gasteiger partial charge in [0.2, 0.25) is 0 Å². The third-order valence-electron chi connectivity index (χ3n) is 1.72. The van der Waals surface area contributed by atoms with E-state index in [9.17, 15) is 5.11 Å². The van der Waals surface area contributed by atoms with Crippen LogP contribution in [-0.2, 0) is 0 Å². The van der Waals surface area contributed by atoms with Gasteiger partial charge in [-0.25, -0.2) is 9.97 Å². The predicted molar refractivity (Wildman–Crippen MR) is 58.1 cm³/mol. The van der Waals surface area contributed by atoms with Gasteiger partial charge in [0.05, 0.1) is 4.88 Å². The second-order valence-corrected chi connectivity index (χ2v) is 4.44. The van der Waals surface area contributed by atoms with Gasteiger partial charge in [-0.2, -0.15) is 0 Å². The highest BCUT2D eigenvalue weighted by Gasteiger charge is 2.16. The van der Waals surface area contributed by atoms with E-state index < -0.39 is 6.10 Å². The summed E-state index contributed by atoms with van der Waals surface area (Å²) >= 11 is 4.83. The first kappa shape index (κ1) is 9.76. The largest absolute Gasteiger partial charge is 0.379 e. The molecule has 0 aromatic carbocycles. The van der Waals surface area contributed by atoms with Gasteiger partial charge in [-0.1, -0.05) is 0 Å². The molecule has 1 N–H and O–H groups in total. The van der Waals surface area contributed by atoms with E-state index in [2.05, 4.69) is 25.9 Å². The number of halogens is 1. The van der Waals surface area contributed by atoms with Crippen molar-refractivity contribution in [2.75, 3.05) is 0 Å². The third-order valence-corrected chi connectivity index (χ3v) is 3.65. The molecule has 14 heavy (non-hydrogen) atoms. The molecule has 0 fully saturated rings. The van der Waals surface area contributed by atoms with Crippen LogP contribution in [0.15, 0.2) is 34.4 Å². The van der Waals surface area contributed by atoms with Crippen molar-refractivity contribution in [3.8, 4) is 0 Å². The Morgan fingerprint density at radius 2 is 2.07 bits per heavy atom. The minimum absolute atomic E-state index is 0.427. The summed E-state index contributed by atoms with van der Waals surface area (Å²) in [6.07, 6.45) is 2.49. The number of aromatic nitrogens is 2. The van der Waals surface area contributed by atoms with Crippen molar-refractivity contribution in [2.45, 2.75) is 6.10 Å². The smallest absolute Gasteiger partial charge is 0.162 e. The molecule has 0 saturated heterocycles. The monoisotopic (exact) mass is 270 g/mol. The molecule has 0 amide bonds. The molecule has 2 rings (SSSR count). The summed E-state index contributed by atoms with van der Waals surface area (Å²) in [7, 11) is 0. The molecule has 0 aliphatic rings. The number of aliphatic hydroxyl groups is 1. The molecule has 0 aliphatic heterocycles.